The molecule has 0 radical (unpaired) electrons. The lowest BCUT2D eigenvalue weighted by Crippen LogP contribution is -2.25. The Balaban J connectivity index is 1.87. The van der Waals surface area contributed by atoms with E-state index in [9.17, 15) is 9.59 Å². The molecule has 0 saturated heterocycles. The first-order valence-corrected chi connectivity index (χ1v) is 8.68. The summed E-state index contributed by atoms with van der Waals surface area (Å²) in [7, 11) is 3.17. The van der Waals surface area contributed by atoms with Crippen molar-refractivity contribution < 1.29 is 14.3 Å². The number of hydrogen-bond donors (Lipinski definition) is 2. The molecule has 3 heterocycles. The van der Waals surface area contributed by atoms with Crippen LogP contribution in [0.25, 0.3) is 5.82 Å². The van der Waals surface area contributed by atoms with E-state index in [1.54, 1.807) is 26.4 Å². The number of carbonyl (C=O) groups is 1. The van der Waals surface area contributed by atoms with Crippen LogP contribution in [0.5, 0.6) is 11.5 Å². The van der Waals surface area contributed by atoms with Crippen molar-refractivity contribution in [1.82, 2.24) is 20.0 Å². The number of nitrogens with zero attached hydrogens (tertiary/aromatic N) is 3. The second-order valence-electron chi connectivity index (χ2n) is 6.49. The molecule has 1 aliphatic rings. The van der Waals surface area contributed by atoms with Gasteiger partial charge in [0.1, 0.15) is 17.3 Å². The van der Waals surface area contributed by atoms with E-state index in [-0.39, 0.29) is 23.8 Å². The summed E-state index contributed by atoms with van der Waals surface area (Å²) in [5.41, 5.74) is 2.23. The van der Waals surface area contributed by atoms with Gasteiger partial charge in [0.25, 0.3) is 5.56 Å². The molecule has 3 aromatic rings. The Bertz CT molecular complexity index is 1080. The molecule has 0 spiro atoms. The summed E-state index contributed by atoms with van der Waals surface area (Å²) >= 11 is 0. The van der Waals surface area contributed by atoms with E-state index in [4.69, 9.17) is 9.47 Å². The van der Waals surface area contributed by atoms with Gasteiger partial charge >= 0.3 is 0 Å². The Morgan fingerprint density at radius 1 is 1.11 bits per heavy atom. The highest BCUT2D eigenvalue weighted by Crippen LogP contribution is 2.41. The molecule has 9 heteroatoms. The maximum Gasteiger partial charge on any atom is 0.264 e. The predicted molar refractivity (Wildman–Crippen MR) is 101 cm³/mol. The summed E-state index contributed by atoms with van der Waals surface area (Å²) in [6.07, 6.45) is 0.273. The number of anilines is 1. The monoisotopic (exact) mass is 381 g/mol. The zero-order valence-corrected chi connectivity index (χ0v) is 15.6. The van der Waals surface area contributed by atoms with Crippen LogP contribution in [-0.2, 0) is 4.79 Å². The second-order valence-corrected chi connectivity index (χ2v) is 6.49. The molecule has 9 nitrogen and oxygen atoms in total. The highest BCUT2D eigenvalue weighted by Gasteiger charge is 2.33. The Morgan fingerprint density at radius 2 is 1.82 bits per heavy atom. The zero-order valence-electron chi connectivity index (χ0n) is 15.6. The van der Waals surface area contributed by atoms with Crippen LogP contribution in [0.1, 0.15) is 29.2 Å². The number of methoxy groups -OCH3 is 2. The topological polar surface area (TPSA) is 111 Å². The number of aromatic nitrogens is 4. The Morgan fingerprint density at radius 3 is 2.43 bits per heavy atom. The van der Waals surface area contributed by atoms with Gasteiger partial charge in [-0.3, -0.25) is 9.59 Å². The third-order valence-electron chi connectivity index (χ3n) is 4.76. The van der Waals surface area contributed by atoms with Crippen molar-refractivity contribution in [3.05, 3.63) is 57.5 Å². The van der Waals surface area contributed by atoms with E-state index in [0.717, 1.165) is 16.8 Å². The minimum Gasteiger partial charge on any atom is -0.497 e. The summed E-state index contributed by atoms with van der Waals surface area (Å²) in [4.78, 5) is 23.8. The van der Waals surface area contributed by atoms with Gasteiger partial charge < -0.3 is 14.8 Å². The molecule has 1 aliphatic heterocycles. The van der Waals surface area contributed by atoms with Crippen molar-refractivity contribution in [1.29, 1.82) is 0 Å². The third-order valence-corrected chi connectivity index (χ3v) is 4.76. The van der Waals surface area contributed by atoms with Gasteiger partial charge in [-0.15, -0.1) is 0 Å². The molecule has 1 atom stereocenters. The summed E-state index contributed by atoms with van der Waals surface area (Å²) in [5.74, 6) is 1.89. The summed E-state index contributed by atoms with van der Waals surface area (Å²) in [6, 6.07) is 8.49. The van der Waals surface area contributed by atoms with Crippen molar-refractivity contribution in [3.8, 4) is 17.3 Å². The number of rotatable bonds is 4. The molecule has 0 fully saturated rings. The fraction of sp³-hybridized carbons (Fsp3) is 0.263. The number of aryl methyl sites for hydroxylation is 1. The van der Waals surface area contributed by atoms with E-state index in [1.807, 2.05) is 19.1 Å². The van der Waals surface area contributed by atoms with Gasteiger partial charge in [-0.1, -0.05) is 0 Å². The lowest BCUT2D eigenvalue weighted by Gasteiger charge is -2.25. The van der Waals surface area contributed by atoms with Crippen LogP contribution in [0, 0.1) is 6.92 Å². The maximum atomic E-state index is 12.5. The standard InChI is InChI=1S/C19H19N5O4/c1-10-18-14(11-6-12(27-2)8-13(7-11)28-3)9-17(26)20-19(18)24(23-10)15-4-5-16(25)22-21-15/h4-8,14H,9H2,1-3H3,(H,20,26)(H,22,25)/t14-/m1/s1. The Hall–Kier alpha value is -3.62. The summed E-state index contributed by atoms with van der Waals surface area (Å²) < 4.78 is 12.3. The number of hydrogen-bond acceptors (Lipinski definition) is 6. The summed E-state index contributed by atoms with van der Waals surface area (Å²) in [6.45, 7) is 1.88. The Labute approximate surface area is 160 Å². The number of nitrogens with one attached hydrogen (secondary N) is 2. The molecule has 4 rings (SSSR count). The van der Waals surface area contributed by atoms with Crippen LogP contribution < -0.4 is 20.3 Å². The third kappa shape index (κ3) is 3.00. The van der Waals surface area contributed by atoms with Crippen LogP contribution in [0.2, 0.25) is 0 Å². The van der Waals surface area contributed by atoms with Crippen LogP contribution in [0.4, 0.5) is 5.82 Å². The van der Waals surface area contributed by atoms with Crippen molar-refractivity contribution in [2.24, 2.45) is 0 Å². The molecule has 2 aromatic heterocycles. The van der Waals surface area contributed by atoms with Crippen LogP contribution >= 0.6 is 0 Å². The van der Waals surface area contributed by atoms with Gasteiger partial charge in [-0.25, -0.2) is 5.10 Å². The van der Waals surface area contributed by atoms with Crippen molar-refractivity contribution in [2.45, 2.75) is 19.3 Å². The van der Waals surface area contributed by atoms with Crippen LogP contribution in [-0.4, -0.2) is 40.1 Å². The van der Waals surface area contributed by atoms with Gasteiger partial charge in [-0.05, 0) is 30.7 Å². The highest BCUT2D eigenvalue weighted by atomic mass is 16.5. The number of benzene rings is 1. The lowest BCUT2D eigenvalue weighted by molar-refractivity contribution is -0.116. The lowest BCUT2D eigenvalue weighted by atomic mass is 9.85. The molecule has 144 valence electrons. The fourth-order valence-electron chi connectivity index (χ4n) is 3.48. The number of aromatic amines is 1. The van der Waals surface area contributed by atoms with E-state index < -0.39 is 0 Å². The highest BCUT2D eigenvalue weighted by molar-refractivity contribution is 5.95. The van der Waals surface area contributed by atoms with Crippen LogP contribution in [0.15, 0.2) is 35.1 Å². The average molecular weight is 381 g/mol. The van der Waals surface area contributed by atoms with E-state index in [2.05, 4.69) is 20.6 Å². The van der Waals surface area contributed by atoms with Crippen molar-refractivity contribution >= 4 is 11.7 Å². The first-order chi connectivity index (χ1) is 13.5. The smallest absolute Gasteiger partial charge is 0.264 e. The van der Waals surface area contributed by atoms with Crippen LogP contribution in [0.3, 0.4) is 0 Å². The second kappa shape index (κ2) is 6.84. The minimum atomic E-state index is -0.313. The average Bonchev–Trinajstić information content (AvgIpc) is 3.03. The van der Waals surface area contributed by atoms with E-state index in [0.29, 0.717) is 23.1 Å². The first kappa shape index (κ1) is 17.8. The number of ether oxygens (including phenoxy) is 2. The van der Waals surface area contributed by atoms with Gasteiger partial charge in [0, 0.05) is 30.0 Å². The van der Waals surface area contributed by atoms with E-state index in [1.165, 1.54) is 10.7 Å². The SMILES string of the molecule is COc1cc(OC)cc([C@H]2CC(=O)Nc3c2c(C)nn3-c2ccc(=O)[nH]n2)c1. The maximum absolute atomic E-state index is 12.5. The summed E-state index contributed by atoms with van der Waals surface area (Å²) in [5, 5.41) is 13.8. The van der Waals surface area contributed by atoms with Gasteiger partial charge in [0.15, 0.2) is 5.82 Å². The van der Waals surface area contributed by atoms with Crippen molar-refractivity contribution in [2.75, 3.05) is 19.5 Å². The number of carbonyl (C=O) groups excluding carboxylic acids is 1. The molecule has 1 aromatic carbocycles. The molecule has 2 N–H and O–H groups in total. The normalized spacial score (nSPS) is 15.7. The number of fused-ring (bicyclic) bond motifs is 1. The largest absolute Gasteiger partial charge is 0.497 e. The molecule has 0 aliphatic carbocycles. The molecule has 0 saturated carbocycles. The van der Waals surface area contributed by atoms with Gasteiger partial charge in [0.2, 0.25) is 5.91 Å². The molecule has 28 heavy (non-hydrogen) atoms. The van der Waals surface area contributed by atoms with Crippen molar-refractivity contribution in [3.63, 3.8) is 0 Å². The quantitative estimate of drug-likeness (QED) is 0.712. The fourth-order valence-corrected chi connectivity index (χ4v) is 3.48. The number of H-pyrrole nitrogens is 1. The zero-order chi connectivity index (χ0) is 19.8. The molecular formula is C19H19N5O4. The first-order valence-electron chi connectivity index (χ1n) is 8.68. The minimum absolute atomic E-state index is 0.134. The molecule has 0 unspecified atom stereocenters. The number of amides is 1. The predicted octanol–water partition coefficient (Wildman–Crippen LogP) is 1.76. The molecular weight excluding hydrogens is 362 g/mol. The Kier molecular flexibility index (Phi) is 4.34. The molecule has 0 bridgehead atoms. The van der Waals surface area contributed by atoms with Gasteiger partial charge in [-0.2, -0.15) is 14.9 Å². The van der Waals surface area contributed by atoms with E-state index >= 15 is 0 Å². The van der Waals surface area contributed by atoms with Gasteiger partial charge in [0.05, 0.1) is 19.9 Å². The molecule has 1 amide bonds.